The average Bonchev–Trinajstić information content (AvgIpc) is 2.80. The number of halogens is 1. The third-order valence-corrected chi connectivity index (χ3v) is 6.93. The van der Waals surface area contributed by atoms with Crippen molar-refractivity contribution in [2.24, 2.45) is 0 Å². The maximum Gasteiger partial charge on any atom is 0.219 e. The highest BCUT2D eigenvalue weighted by Crippen LogP contribution is 2.37. The van der Waals surface area contributed by atoms with E-state index in [-0.39, 0.29) is 23.4 Å². The summed E-state index contributed by atoms with van der Waals surface area (Å²) < 4.78 is 25.8. The van der Waals surface area contributed by atoms with Gasteiger partial charge in [-0.05, 0) is 49.4 Å². The van der Waals surface area contributed by atoms with Crippen molar-refractivity contribution in [3.05, 3.63) is 65.5 Å². The zero-order chi connectivity index (χ0) is 22.6. The van der Waals surface area contributed by atoms with Gasteiger partial charge in [-0.25, -0.2) is 4.39 Å². The van der Waals surface area contributed by atoms with Crippen LogP contribution in [0.1, 0.15) is 43.7 Å². The third kappa shape index (κ3) is 5.48. The molecule has 32 heavy (non-hydrogen) atoms. The molecule has 0 N–H and O–H groups in total. The van der Waals surface area contributed by atoms with Crippen LogP contribution in [0.15, 0.2) is 48.5 Å². The van der Waals surface area contributed by atoms with Crippen LogP contribution in [-0.2, 0) is 22.7 Å². The molecule has 2 saturated heterocycles. The van der Waals surface area contributed by atoms with Gasteiger partial charge in [-0.15, -0.1) is 0 Å². The van der Waals surface area contributed by atoms with E-state index < -0.39 is 0 Å². The van der Waals surface area contributed by atoms with Crippen LogP contribution in [-0.4, -0.2) is 54.1 Å². The van der Waals surface area contributed by atoms with Crippen molar-refractivity contribution in [2.75, 3.05) is 26.7 Å². The first kappa shape index (κ1) is 22.7. The molecule has 0 bridgehead atoms. The third-order valence-electron chi connectivity index (χ3n) is 6.93. The highest BCUT2D eigenvalue weighted by atomic mass is 19.1. The minimum absolute atomic E-state index is 0.115. The molecule has 2 aromatic carbocycles. The summed E-state index contributed by atoms with van der Waals surface area (Å²) in [5.74, 6) is 0.719. The SMILES string of the molecule is CC(=O)N(C)C1CCOC2(CCN(Cc3ccccc3OCc3cccc(F)c3)CC2)C1. The number of hydrogen-bond donors (Lipinski definition) is 0. The van der Waals surface area contributed by atoms with Crippen molar-refractivity contribution in [3.8, 4) is 5.75 Å². The number of benzene rings is 2. The highest BCUT2D eigenvalue weighted by molar-refractivity contribution is 5.73. The Bertz CT molecular complexity index is 927. The Labute approximate surface area is 190 Å². The fraction of sp³-hybridized carbons (Fsp3) is 0.500. The number of hydrogen-bond acceptors (Lipinski definition) is 4. The van der Waals surface area contributed by atoms with Crippen LogP contribution < -0.4 is 4.74 Å². The molecule has 0 saturated carbocycles. The van der Waals surface area contributed by atoms with Crippen molar-refractivity contribution in [1.29, 1.82) is 0 Å². The number of nitrogens with zero attached hydrogens (tertiary/aromatic N) is 2. The molecule has 0 radical (unpaired) electrons. The van der Waals surface area contributed by atoms with Gasteiger partial charge >= 0.3 is 0 Å². The standard InChI is InChI=1S/C26H33FN2O3/c1-20(30)28(2)24-10-15-32-26(17-24)11-13-29(14-12-26)18-22-7-3-4-9-25(22)31-19-21-6-5-8-23(27)16-21/h3-9,16,24H,10-15,17-19H2,1-2H3. The molecule has 2 aliphatic rings. The van der Waals surface area contributed by atoms with Crippen LogP contribution in [0.4, 0.5) is 4.39 Å². The Kier molecular flexibility index (Phi) is 7.11. The highest BCUT2D eigenvalue weighted by Gasteiger charge is 2.41. The number of amides is 1. The minimum Gasteiger partial charge on any atom is -0.489 e. The molecule has 2 aliphatic heterocycles. The number of ether oxygens (including phenoxy) is 2. The number of piperidine rings is 1. The topological polar surface area (TPSA) is 42.0 Å². The van der Waals surface area contributed by atoms with E-state index in [1.165, 1.54) is 12.1 Å². The lowest BCUT2D eigenvalue weighted by molar-refractivity contribution is -0.146. The van der Waals surface area contributed by atoms with Crippen LogP contribution >= 0.6 is 0 Å². The molecule has 5 nitrogen and oxygen atoms in total. The maximum absolute atomic E-state index is 13.4. The van der Waals surface area contributed by atoms with Crippen molar-refractivity contribution < 1.29 is 18.7 Å². The van der Waals surface area contributed by atoms with Crippen LogP contribution in [0.5, 0.6) is 5.75 Å². The Hall–Kier alpha value is -2.44. The normalized spacial score (nSPS) is 20.8. The van der Waals surface area contributed by atoms with E-state index in [1.54, 1.807) is 13.0 Å². The Balaban J connectivity index is 1.34. The van der Waals surface area contributed by atoms with Gasteiger partial charge in [-0.3, -0.25) is 9.69 Å². The first-order chi connectivity index (χ1) is 15.4. The van der Waals surface area contributed by atoms with Crippen molar-refractivity contribution >= 4 is 5.91 Å². The molecular formula is C26H33FN2O3. The summed E-state index contributed by atoms with van der Waals surface area (Å²) in [5.41, 5.74) is 1.84. The lowest BCUT2D eigenvalue weighted by Gasteiger charge is -2.47. The summed E-state index contributed by atoms with van der Waals surface area (Å²) in [7, 11) is 1.90. The van der Waals surface area contributed by atoms with Gasteiger partial charge in [0.05, 0.1) is 5.60 Å². The molecular weight excluding hydrogens is 407 g/mol. The van der Waals surface area contributed by atoms with Gasteiger partial charge in [0.1, 0.15) is 18.2 Å². The summed E-state index contributed by atoms with van der Waals surface area (Å²) in [6.45, 7) is 5.42. The second-order valence-electron chi connectivity index (χ2n) is 9.11. The van der Waals surface area contributed by atoms with E-state index in [2.05, 4.69) is 11.0 Å². The minimum atomic E-state index is -0.247. The van der Waals surface area contributed by atoms with Crippen molar-refractivity contribution in [3.63, 3.8) is 0 Å². The summed E-state index contributed by atoms with van der Waals surface area (Å²) in [5, 5.41) is 0. The molecule has 1 atom stereocenters. The van der Waals surface area contributed by atoms with E-state index in [0.717, 1.165) is 68.8 Å². The number of carbonyl (C=O) groups is 1. The second kappa shape index (κ2) is 10.0. The molecule has 1 unspecified atom stereocenters. The Morgan fingerprint density at radius 3 is 2.75 bits per heavy atom. The summed E-state index contributed by atoms with van der Waals surface area (Å²) >= 11 is 0. The number of likely N-dealkylation sites (tertiary alicyclic amines) is 1. The molecule has 2 fully saturated rings. The largest absolute Gasteiger partial charge is 0.489 e. The lowest BCUT2D eigenvalue weighted by Crippen LogP contribution is -2.53. The maximum atomic E-state index is 13.4. The fourth-order valence-electron chi connectivity index (χ4n) is 4.86. The van der Waals surface area contributed by atoms with Gasteiger partial charge in [0.2, 0.25) is 5.91 Å². The summed E-state index contributed by atoms with van der Waals surface area (Å²) in [6.07, 6.45) is 3.78. The summed E-state index contributed by atoms with van der Waals surface area (Å²) in [6, 6.07) is 14.9. The van der Waals surface area contributed by atoms with Crippen LogP contribution in [0.2, 0.25) is 0 Å². The van der Waals surface area contributed by atoms with Crippen LogP contribution in [0.25, 0.3) is 0 Å². The molecule has 2 heterocycles. The van der Waals surface area contributed by atoms with Crippen molar-refractivity contribution in [1.82, 2.24) is 9.80 Å². The van der Waals surface area contributed by atoms with Crippen LogP contribution in [0, 0.1) is 5.82 Å². The van der Waals surface area contributed by atoms with Gasteiger partial charge in [-0.1, -0.05) is 30.3 Å². The quantitative estimate of drug-likeness (QED) is 0.668. The second-order valence-corrected chi connectivity index (χ2v) is 9.11. The van der Waals surface area contributed by atoms with E-state index >= 15 is 0 Å². The summed E-state index contributed by atoms with van der Waals surface area (Å²) in [4.78, 5) is 16.1. The fourth-order valence-corrected chi connectivity index (χ4v) is 4.86. The first-order valence-electron chi connectivity index (χ1n) is 11.5. The number of para-hydroxylation sites is 1. The molecule has 4 rings (SSSR count). The predicted molar refractivity (Wildman–Crippen MR) is 122 cm³/mol. The number of carbonyl (C=O) groups excluding carboxylic acids is 1. The van der Waals surface area contributed by atoms with E-state index in [1.807, 2.05) is 36.2 Å². The Morgan fingerprint density at radius 2 is 2.00 bits per heavy atom. The van der Waals surface area contributed by atoms with E-state index in [4.69, 9.17) is 9.47 Å². The molecule has 6 heteroatoms. The number of rotatable bonds is 6. The first-order valence-corrected chi connectivity index (χ1v) is 11.5. The average molecular weight is 441 g/mol. The van der Waals surface area contributed by atoms with Crippen LogP contribution in [0.3, 0.4) is 0 Å². The Morgan fingerprint density at radius 1 is 1.22 bits per heavy atom. The zero-order valence-electron chi connectivity index (χ0n) is 19.1. The lowest BCUT2D eigenvalue weighted by atomic mass is 9.82. The molecule has 0 aromatic heterocycles. The molecule has 172 valence electrons. The van der Waals surface area contributed by atoms with Gasteiger partial charge in [0, 0.05) is 51.8 Å². The molecule has 1 amide bonds. The monoisotopic (exact) mass is 440 g/mol. The zero-order valence-corrected chi connectivity index (χ0v) is 19.1. The van der Waals surface area contributed by atoms with Gasteiger partial charge < -0.3 is 14.4 Å². The van der Waals surface area contributed by atoms with E-state index in [9.17, 15) is 9.18 Å². The predicted octanol–water partition coefficient (Wildman–Crippen LogP) is 4.40. The molecule has 2 aromatic rings. The van der Waals surface area contributed by atoms with Gasteiger partial charge in [0.15, 0.2) is 0 Å². The smallest absolute Gasteiger partial charge is 0.219 e. The van der Waals surface area contributed by atoms with Crippen molar-refractivity contribution in [2.45, 2.75) is 57.4 Å². The molecule has 0 aliphatic carbocycles. The molecule has 1 spiro atoms. The van der Waals surface area contributed by atoms with E-state index in [0.29, 0.717) is 6.61 Å². The van der Waals surface area contributed by atoms with Gasteiger partial charge in [0.25, 0.3) is 0 Å². The van der Waals surface area contributed by atoms with Gasteiger partial charge in [-0.2, -0.15) is 0 Å².